The van der Waals surface area contributed by atoms with Crippen LogP contribution in [0.15, 0.2) is 35.5 Å². The number of imidazole rings is 1. The highest BCUT2D eigenvalue weighted by Gasteiger charge is 2.36. The minimum atomic E-state index is -4.50. The van der Waals surface area contributed by atoms with E-state index in [-0.39, 0.29) is 12.1 Å². The van der Waals surface area contributed by atoms with Crippen molar-refractivity contribution >= 4 is 17.0 Å². The van der Waals surface area contributed by atoms with Crippen LogP contribution in [0.2, 0.25) is 0 Å². The maximum absolute atomic E-state index is 13.1. The molecule has 0 atom stereocenters. The van der Waals surface area contributed by atoms with E-state index < -0.39 is 11.9 Å². The molecule has 3 rings (SSSR count). The predicted octanol–water partition coefficient (Wildman–Crippen LogP) is 3.24. The number of aromatic nitrogens is 4. The van der Waals surface area contributed by atoms with Gasteiger partial charge in [-0.05, 0) is 32.4 Å². The lowest BCUT2D eigenvalue weighted by atomic mass is 10.2. The number of para-hydroxylation sites is 2. The van der Waals surface area contributed by atoms with Crippen LogP contribution in [-0.2, 0) is 26.3 Å². The van der Waals surface area contributed by atoms with Crippen molar-refractivity contribution < 1.29 is 13.2 Å². The van der Waals surface area contributed by atoms with E-state index in [1.807, 2.05) is 38.1 Å². The lowest BCUT2D eigenvalue weighted by Crippen LogP contribution is -2.38. The van der Waals surface area contributed by atoms with E-state index in [9.17, 15) is 13.2 Å². The number of rotatable bonds is 7. The first-order chi connectivity index (χ1) is 14.3. The zero-order chi connectivity index (χ0) is 21.7. The van der Waals surface area contributed by atoms with Gasteiger partial charge in [0, 0.05) is 38.4 Å². The zero-order valence-corrected chi connectivity index (χ0v) is 17.3. The molecule has 7 nitrogen and oxygen atoms in total. The van der Waals surface area contributed by atoms with Gasteiger partial charge in [-0.15, -0.1) is 0 Å². The fourth-order valence-electron chi connectivity index (χ4n) is 3.32. The molecular formula is C20H26F3N7. The molecular weight excluding hydrogens is 395 g/mol. The van der Waals surface area contributed by atoms with Gasteiger partial charge in [0.05, 0.1) is 17.6 Å². The molecule has 0 bridgehead atoms. The van der Waals surface area contributed by atoms with Gasteiger partial charge in [0.1, 0.15) is 5.82 Å². The molecule has 1 aromatic carbocycles. The van der Waals surface area contributed by atoms with Crippen molar-refractivity contribution in [2.24, 2.45) is 12.0 Å². The average molecular weight is 421 g/mol. The monoisotopic (exact) mass is 421 g/mol. The van der Waals surface area contributed by atoms with Crippen molar-refractivity contribution in [1.29, 1.82) is 0 Å². The summed E-state index contributed by atoms with van der Waals surface area (Å²) in [6, 6.07) is 7.98. The zero-order valence-electron chi connectivity index (χ0n) is 17.3. The number of fused-ring (bicyclic) bond motifs is 1. The number of hydrogen-bond donors (Lipinski definition) is 2. The molecule has 10 heteroatoms. The van der Waals surface area contributed by atoms with E-state index in [0.29, 0.717) is 19.0 Å². The Morgan fingerprint density at radius 1 is 1.20 bits per heavy atom. The summed E-state index contributed by atoms with van der Waals surface area (Å²) in [5.74, 6) is 1.43. The number of hydrogen-bond acceptors (Lipinski definition) is 3. The maximum atomic E-state index is 13.1. The van der Waals surface area contributed by atoms with Gasteiger partial charge in [-0.25, -0.2) is 9.98 Å². The molecule has 0 aliphatic heterocycles. The molecule has 2 aromatic heterocycles. The van der Waals surface area contributed by atoms with Crippen molar-refractivity contribution in [1.82, 2.24) is 30.0 Å². The fraction of sp³-hybridized carbons (Fsp3) is 0.450. The van der Waals surface area contributed by atoms with E-state index >= 15 is 0 Å². The van der Waals surface area contributed by atoms with E-state index in [4.69, 9.17) is 0 Å². The number of benzene rings is 1. The third-order valence-electron chi connectivity index (χ3n) is 4.62. The second-order valence-corrected chi connectivity index (χ2v) is 6.95. The van der Waals surface area contributed by atoms with Gasteiger partial charge in [0.15, 0.2) is 11.7 Å². The standard InChI is InChI=1S/C20H26F3N7/c1-4-24-19(26-12-15-13-29(3)28-18(15)20(21,22)23)25-10-7-11-30-14(2)27-16-8-5-6-9-17(16)30/h5-6,8-9,13H,4,7,10-12H2,1-3H3,(H2,24,25,26). The first kappa shape index (κ1) is 21.7. The summed E-state index contributed by atoms with van der Waals surface area (Å²) in [5.41, 5.74) is 1.21. The molecule has 0 fully saturated rings. The second-order valence-electron chi connectivity index (χ2n) is 6.95. The Bertz CT molecular complexity index is 1020. The fourth-order valence-corrected chi connectivity index (χ4v) is 3.32. The van der Waals surface area contributed by atoms with Crippen LogP contribution in [-0.4, -0.2) is 38.4 Å². The molecule has 0 amide bonds. The van der Waals surface area contributed by atoms with Crippen molar-refractivity contribution in [2.45, 2.75) is 39.5 Å². The molecule has 2 N–H and O–H groups in total. The van der Waals surface area contributed by atoms with Crippen LogP contribution < -0.4 is 10.6 Å². The Hall–Kier alpha value is -3.04. The van der Waals surface area contributed by atoms with Crippen LogP contribution in [0.5, 0.6) is 0 Å². The van der Waals surface area contributed by atoms with Gasteiger partial charge in [-0.1, -0.05) is 12.1 Å². The van der Waals surface area contributed by atoms with E-state index in [0.717, 1.165) is 34.5 Å². The van der Waals surface area contributed by atoms with Crippen LogP contribution in [0.3, 0.4) is 0 Å². The van der Waals surface area contributed by atoms with Crippen molar-refractivity contribution in [3.8, 4) is 0 Å². The number of aryl methyl sites for hydroxylation is 3. The number of alkyl halides is 3. The van der Waals surface area contributed by atoms with Gasteiger partial charge in [-0.2, -0.15) is 18.3 Å². The molecule has 0 aliphatic carbocycles. The first-order valence-corrected chi connectivity index (χ1v) is 9.83. The highest BCUT2D eigenvalue weighted by molar-refractivity contribution is 5.79. The number of nitrogens with one attached hydrogen (secondary N) is 2. The molecule has 0 aliphatic rings. The van der Waals surface area contributed by atoms with Crippen LogP contribution in [0.1, 0.15) is 30.4 Å². The van der Waals surface area contributed by atoms with Gasteiger partial charge in [0.2, 0.25) is 0 Å². The number of aliphatic imine (C=N–C) groups is 1. The largest absolute Gasteiger partial charge is 0.435 e. The SMILES string of the molecule is CCNC(=NCc1cn(C)nc1C(F)(F)F)NCCCn1c(C)nc2ccccc21. The molecule has 0 saturated carbocycles. The molecule has 0 radical (unpaired) electrons. The normalized spacial score (nSPS) is 12.5. The van der Waals surface area contributed by atoms with E-state index in [2.05, 4.69) is 30.3 Å². The summed E-state index contributed by atoms with van der Waals surface area (Å²) in [5, 5.41) is 9.76. The smallest absolute Gasteiger partial charge is 0.357 e. The molecule has 30 heavy (non-hydrogen) atoms. The summed E-state index contributed by atoms with van der Waals surface area (Å²) < 4.78 is 42.6. The quantitative estimate of drug-likeness (QED) is 0.349. The Balaban J connectivity index is 1.60. The number of halogens is 3. The minimum absolute atomic E-state index is 0.0442. The van der Waals surface area contributed by atoms with Crippen LogP contribution in [0.25, 0.3) is 11.0 Å². The Morgan fingerprint density at radius 2 is 1.97 bits per heavy atom. The third-order valence-corrected chi connectivity index (χ3v) is 4.62. The minimum Gasteiger partial charge on any atom is -0.357 e. The Morgan fingerprint density at radius 3 is 2.70 bits per heavy atom. The Kier molecular flexibility index (Phi) is 6.63. The Labute approximate surface area is 173 Å². The molecule has 0 unspecified atom stereocenters. The summed E-state index contributed by atoms with van der Waals surface area (Å²) in [4.78, 5) is 8.85. The van der Waals surface area contributed by atoms with Crippen LogP contribution >= 0.6 is 0 Å². The highest BCUT2D eigenvalue weighted by atomic mass is 19.4. The maximum Gasteiger partial charge on any atom is 0.435 e. The van der Waals surface area contributed by atoms with Crippen molar-refractivity contribution in [3.63, 3.8) is 0 Å². The summed E-state index contributed by atoms with van der Waals surface area (Å²) in [7, 11) is 1.47. The summed E-state index contributed by atoms with van der Waals surface area (Å²) >= 11 is 0. The van der Waals surface area contributed by atoms with Crippen molar-refractivity contribution in [2.75, 3.05) is 13.1 Å². The van der Waals surface area contributed by atoms with Gasteiger partial charge in [-0.3, -0.25) is 4.68 Å². The second kappa shape index (κ2) is 9.19. The first-order valence-electron chi connectivity index (χ1n) is 9.83. The number of nitrogens with zero attached hydrogens (tertiary/aromatic N) is 5. The number of guanidine groups is 1. The molecule has 0 spiro atoms. The van der Waals surface area contributed by atoms with Crippen molar-refractivity contribution in [3.05, 3.63) is 47.5 Å². The molecule has 2 heterocycles. The van der Waals surface area contributed by atoms with Gasteiger partial charge in [0.25, 0.3) is 0 Å². The van der Waals surface area contributed by atoms with Gasteiger partial charge < -0.3 is 15.2 Å². The molecule has 162 valence electrons. The van der Waals surface area contributed by atoms with Gasteiger partial charge >= 0.3 is 6.18 Å². The predicted molar refractivity (Wildman–Crippen MR) is 110 cm³/mol. The molecule has 3 aromatic rings. The lowest BCUT2D eigenvalue weighted by molar-refractivity contribution is -0.142. The molecule has 0 saturated heterocycles. The lowest BCUT2D eigenvalue weighted by Gasteiger charge is -2.12. The van der Waals surface area contributed by atoms with Crippen LogP contribution in [0.4, 0.5) is 13.2 Å². The summed E-state index contributed by atoms with van der Waals surface area (Å²) in [6.07, 6.45) is -2.33. The highest BCUT2D eigenvalue weighted by Crippen LogP contribution is 2.30. The van der Waals surface area contributed by atoms with E-state index in [1.165, 1.54) is 13.2 Å². The van der Waals surface area contributed by atoms with Crippen LogP contribution in [0, 0.1) is 6.92 Å². The third kappa shape index (κ3) is 5.11. The average Bonchev–Trinajstić information content (AvgIpc) is 3.22. The summed E-state index contributed by atoms with van der Waals surface area (Å²) in [6.45, 7) is 5.78. The van der Waals surface area contributed by atoms with E-state index in [1.54, 1.807) is 0 Å². The topological polar surface area (TPSA) is 72.1 Å².